The lowest BCUT2D eigenvalue weighted by molar-refractivity contribution is -0.134. The number of ether oxygens (including phenoxy) is 1. The zero-order valence-electron chi connectivity index (χ0n) is 29.9. The third-order valence-electron chi connectivity index (χ3n) is 9.98. The van der Waals surface area contributed by atoms with Crippen LogP contribution in [-0.2, 0) is 28.5 Å². The number of pyridine rings is 1. The lowest BCUT2D eigenvalue weighted by Gasteiger charge is -2.35. The predicted molar refractivity (Wildman–Crippen MR) is 203 cm³/mol. The van der Waals surface area contributed by atoms with Gasteiger partial charge in [-0.3, -0.25) is 29.2 Å². The Morgan fingerprint density at radius 3 is 2.77 bits per heavy atom. The summed E-state index contributed by atoms with van der Waals surface area (Å²) < 4.78 is 8.86. The first-order chi connectivity index (χ1) is 25.6. The summed E-state index contributed by atoms with van der Waals surface area (Å²) in [6.45, 7) is 6.05. The van der Waals surface area contributed by atoms with E-state index in [1.54, 1.807) is 25.4 Å². The lowest BCUT2D eigenvalue weighted by Crippen LogP contribution is -2.39. The number of aryl methyl sites for hydroxylation is 2. The number of carbonyl (C=O) groups excluding carboxylic acids is 3. The number of carbonyl (C=O) groups is 3. The molecule has 0 saturated carbocycles. The molecule has 2 saturated heterocycles. The summed E-state index contributed by atoms with van der Waals surface area (Å²) in [6, 6.07) is 13.3. The fourth-order valence-corrected chi connectivity index (χ4v) is 7.21. The highest BCUT2D eigenvalue weighted by molar-refractivity contribution is 6.03. The van der Waals surface area contributed by atoms with Crippen LogP contribution in [0.15, 0.2) is 60.0 Å². The minimum Gasteiger partial charge on any atom is -0.478 e. The van der Waals surface area contributed by atoms with Gasteiger partial charge in [-0.1, -0.05) is 24.8 Å². The van der Waals surface area contributed by atoms with E-state index in [2.05, 4.69) is 43.8 Å². The Kier molecular flexibility index (Phi) is 9.80. The summed E-state index contributed by atoms with van der Waals surface area (Å²) >= 11 is 0. The van der Waals surface area contributed by atoms with Gasteiger partial charge in [-0.15, -0.1) is 0 Å². The van der Waals surface area contributed by atoms with Gasteiger partial charge in [0.25, 0.3) is 11.5 Å². The van der Waals surface area contributed by atoms with Crippen LogP contribution in [0.4, 0.5) is 23.1 Å². The lowest BCUT2D eigenvalue weighted by atomic mass is 9.92. The minimum absolute atomic E-state index is 0.0799. The van der Waals surface area contributed by atoms with Crippen molar-refractivity contribution in [2.75, 3.05) is 48.8 Å². The summed E-state index contributed by atoms with van der Waals surface area (Å²) in [4.78, 5) is 60.7. The number of fused-ring (bicyclic) bond motifs is 2. The van der Waals surface area contributed by atoms with E-state index in [-0.39, 0.29) is 35.6 Å². The van der Waals surface area contributed by atoms with Gasteiger partial charge in [0, 0.05) is 75.4 Å². The molecule has 5 heterocycles. The van der Waals surface area contributed by atoms with Crippen LogP contribution in [0, 0.1) is 5.92 Å². The maximum absolute atomic E-state index is 12.8. The molecular formula is C38H42N10O5. The summed E-state index contributed by atoms with van der Waals surface area (Å²) in [7, 11) is 5.07. The summed E-state index contributed by atoms with van der Waals surface area (Å²) in [6.07, 6.45) is 6.21. The number of piperidine rings is 2. The molecule has 7 rings (SSSR count). The minimum atomic E-state index is -0.456. The maximum Gasteiger partial charge on any atom is 0.293 e. The van der Waals surface area contributed by atoms with Crippen LogP contribution >= 0.6 is 0 Å². The summed E-state index contributed by atoms with van der Waals surface area (Å²) in [5.41, 5.74) is 4.57. The number of likely N-dealkylation sites (N-methyl/N-ethyl adjacent to an activating group) is 1. The molecule has 15 heteroatoms. The second kappa shape index (κ2) is 14.8. The number of imide groups is 1. The number of hydrogen-bond donors (Lipinski definition) is 4. The van der Waals surface area contributed by atoms with Crippen molar-refractivity contribution < 1.29 is 19.1 Å². The Balaban J connectivity index is 1.06. The van der Waals surface area contributed by atoms with Gasteiger partial charge < -0.3 is 30.2 Å². The molecule has 15 nitrogen and oxygen atoms in total. The molecule has 0 bridgehead atoms. The Morgan fingerprint density at radius 2 is 1.98 bits per heavy atom. The van der Waals surface area contributed by atoms with Crippen LogP contribution in [0.5, 0.6) is 5.75 Å². The maximum atomic E-state index is 12.8. The smallest absolute Gasteiger partial charge is 0.293 e. The Morgan fingerprint density at radius 1 is 1.13 bits per heavy atom. The van der Waals surface area contributed by atoms with Crippen molar-refractivity contribution in [1.29, 1.82) is 0 Å². The molecule has 274 valence electrons. The highest BCUT2D eigenvalue weighted by Gasteiger charge is 2.33. The van der Waals surface area contributed by atoms with E-state index in [4.69, 9.17) is 14.8 Å². The van der Waals surface area contributed by atoms with Gasteiger partial charge >= 0.3 is 0 Å². The van der Waals surface area contributed by atoms with E-state index in [9.17, 15) is 19.2 Å². The predicted octanol–water partition coefficient (Wildman–Crippen LogP) is 3.58. The van der Waals surface area contributed by atoms with Crippen molar-refractivity contribution in [2.24, 2.45) is 20.0 Å². The van der Waals surface area contributed by atoms with Gasteiger partial charge in [-0.25, -0.2) is 4.98 Å². The molecule has 5 aromatic rings. The van der Waals surface area contributed by atoms with E-state index in [0.717, 1.165) is 59.2 Å². The number of rotatable bonds is 11. The second-order valence-corrected chi connectivity index (χ2v) is 13.5. The second-order valence-electron chi connectivity index (χ2n) is 13.5. The van der Waals surface area contributed by atoms with E-state index in [1.165, 1.54) is 11.6 Å². The van der Waals surface area contributed by atoms with E-state index in [1.807, 2.05) is 42.1 Å². The molecule has 2 aliphatic rings. The van der Waals surface area contributed by atoms with Crippen molar-refractivity contribution >= 4 is 68.7 Å². The number of nitrogens with one attached hydrogen (secondary N) is 4. The van der Waals surface area contributed by atoms with Crippen LogP contribution < -0.4 is 36.5 Å². The van der Waals surface area contributed by atoms with Crippen LogP contribution in [0.1, 0.15) is 42.9 Å². The molecule has 0 aliphatic carbocycles. The van der Waals surface area contributed by atoms with E-state index >= 15 is 0 Å². The number of hydrogen-bond acceptors (Lipinski definition) is 11. The molecular weight excluding hydrogens is 676 g/mol. The number of nitrogens with zero attached hydrogens (tertiary/aromatic N) is 6. The number of para-hydroxylation sites is 1. The molecule has 3 amide bonds. The highest BCUT2D eigenvalue weighted by atomic mass is 16.5. The molecule has 3 aromatic heterocycles. The Bertz CT molecular complexity index is 2310. The molecule has 2 aliphatic heterocycles. The van der Waals surface area contributed by atoms with Crippen LogP contribution in [-0.4, -0.2) is 75.3 Å². The quantitative estimate of drug-likeness (QED) is 0.147. The third-order valence-corrected chi connectivity index (χ3v) is 9.98. The first kappa shape index (κ1) is 35.2. The van der Waals surface area contributed by atoms with Gasteiger partial charge in [-0.05, 0) is 55.5 Å². The summed E-state index contributed by atoms with van der Waals surface area (Å²) in [5, 5.41) is 18.2. The molecule has 0 radical (unpaired) electrons. The van der Waals surface area contributed by atoms with E-state index in [0.29, 0.717) is 48.3 Å². The first-order valence-electron chi connectivity index (χ1n) is 17.6. The van der Waals surface area contributed by atoms with Gasteiger partial charge in [-0.2, -0.15) is 10.1 Å². The van der Waals surface area contributed by atoms with Crippen molar-refractivity contribution in [3.63, 3.8) is 0 Å². The zero-order valence-corrected chi connectivity index (χ0v) is 29.9. The normalized spacial score (nSPS) is 17.5. The monoisotopic (exact) mass is 718 g/mol. The van der Waals surface area contributed by atoms with Crippen molar-refractivity contribution in [1.82, 2.24) is 34.9 Å². The van der Waals surface area contributed by atoms with E-state index < -0.39 is 5.92 Å². The largest absolute Gasteiger partial charge is 0.478 e. The fraction of sp³-hybridized carbons (Fsp3) is 0.342. The summed E-state index contributed by atoms with van der Waals surface area (Å²) in [5.74, 6) is 0.117. The Labute approximate surface area is 305 Å². The fourth-order valence-electron chi connectivity index (χ4n) is 7.21. The van der Waals surface area contributed by atoms with Gasteiger partial charge in [0.1, 0.15) is 5.82 Å². The molecule has 1 unspecified atom stereocenters. The zero-order chi connectivity index (χ0) is 37.2. The molecule has 0 spiro atoms. The standard InChI is InChI=1S/C38H42N10O5/c1-5-23-19-41-38(44-35(23)42-25-11-13-28-24(16-25)17-30(37(52)46(28)3)53-21-32(50)39-2)40-18-22-8-7-15-48(20-22)29-10-6-9-26-33(45-47(4)34(26)29)27-12-14-31(49)43-36(27)51/h5-6,9-11,13,16-17,19,22,27H,1,7-8,12,14-15,18,20-21H2,2-4H3,(H,39,50)(H,43,49,51)(H2,40,41,42,44)/t22-,27?/m1/s1. The first-order valence-corrected chi connectivity index (χ1v) is 17.6. The number of anilines is 4. The van der Waals surface area contributed by atoms with Gasteiger partial charge in [0.2, 0.25) is 17.8 Å². The molecule has 4 N–H and O–H groups in total. The number of benzene rings is 2. The molecule has 53 heavy (non-hydrogen) atoms. The van der Waals surface area contributed by atoms with Gasteiger partial charge in [0.15, 0.2) is 12.4 Å². The number of amides is 3. The highest BCUT2D eigenvalue weighted by Crippen LogP contribution is 2.36. The average Bonchev–Trinajstić information content (AvgIpc) is 3.50. The SMILES string of the molecule is C=Cc1cnc(NC[C@H]2CCCN(c3cccc4c(C5CCC(=O)NC5=O)nn(C)c34)C2)nc1Nc1ccc2c(c1)cc(OCC(=O)NC)c(=O)n2C. The van der Waals surface area contributed by atoms with Crippen LogP contribution in [0.3, 0.4) is 0 Å². The van der Waals surface area contributed by atoms with Gasteiger partial charge in [0.05, 0.1) is 28.3 Å². The molecule has 2 fully saturated rings. The van der Waals surface area contributed by atoms with Crippen molar-refractivity contribution in [3.8, 4) is 5.75 Å². The number of aromatic nitrogens is 5. The third kappa shape index (κ3) is 7.14. The van der Waals surface area contributed by atoms with Crippen molar-refractivity contribution in [3.05, 3.63) is 76.9 Å². The average molecular weight is 719 g/mol. The van der Waals surface area contributed by atoms with Crippen molar-refractivity contribution in [2.45, 2.75) is 31.6 Å². The van der Waals surface area contributed by atoms with Crippen LogP contribution in [0.2, 0.25) is 0 Å². The molecule has 2 atom stereocenters. The molecule has 2 aromatic carbocycles. The topological polar surface area (TPSA) is 177 Å². The Hall–Kier alpha value is -6.25. The van der Waals surface area contributed by atoms with Crippen LogP contribution in [0.25, 0.3) is 27.9 Å².